The Hall–Kier alpha value is -0.900. The van der Waals surface area contributed by atoms with Gasteiger partial charge in [0.2, 0.25) is 0 Å². The molecule has 3 nitrogen and oxygen atoms in total. The molecule has 0 radical (unpaired) electrons. The van der Waals surface area contributed by atoms with E-state index in [0.717, 1.165) is 19.4 Å². The van der Waals surface area contributed by atoms with E-state index in [1.54, 1.807) is 7.11 Å². The molecule has 1 aromatic carbocycles. The van der Waals surface area contributed by atoms with Crippen molar-refractivity contribution in [2.45, 2.75) is 57.9 Å². The SMILES string of the molecule is CCOC1CC(NC(C)Cc2ccccc2C)C1OC. The summed E-state index contributed by atoms with van der Waals surface area (Å²) in [6, 6.07) is 9.45. The van der Waals surface area contributed by atoms with Gasteiger partial charge in [-0.05, 0) is 44.7 Å². The molecule has 0 bridgehead atoms. The quantitative estimate of drug-likeness (QED) is 0.831. The third-order valence-electron chi connectivity index (χ3n) is 4.19. The molecule has 112 valence electrons. The van der Waals surface area contributed by atoms with Crippen LogP contribution in [-0.2, 0) is 15.9 Å². The standard InChI is InChI=1S/C17H27NO2/c1-5-20-16-11-15(17(16)19-4)18-13(3)10-14-9-7-6-8-12(14)2/h6-9,13,15-18H,5,10-11H2,1-4H3. The lowest BCUT2D eigenvalue weighted by Crippen LogP contribution is -2.61. The maximum absolute atomic E-state index is 5.67. The first-order valence-electron chi connectivity index (χ1n) is 7.60. The van der Waals surface area contributed by atoms with Gasteiger partial charge in [0.15, 0.2) is 0 Å². The molecule has 1 fully saturated rings. The number of nitrogens with one attached hydrogen (secondary N) is 1. The van der Waals surface area contributed by atoms with Crippen molar-refractivity contribution in [3.05, 3.63) is 35.4 Å². The Morgan fingerprint density at radius 3 is 2.75 bits per heavy atom. The van der Waals surface area contributed by atoms with Crippen molar-refractivity contribution in [2.75, 3.05) is 13.7 Å². The van der Waals surface area contributed by atoms with Gasteiger partial charge >= 0.3 is 0 Å². The minimum Gasteiger partial charge on any atom is -0.377 e. The maximum atomic E-state index is 5.67. The number of ether oxygens (including phenoxy) is 2. The van der Waals surface area contributed by atoms with Crippen molar-refractivity contribution < 1.29 is 9.47 Å². The number of benzene rings is 1. The molecule has 20 heavy (non-hydrogen) atoms. The summed E-state index contributed by atoms with van der Waals surface area (Å²) in [5.74, 6) is 0. The highest BCUT2D eigenvalue weighted by atomic mass is 16.5. The van der Waals surface area contributed by atoms with Crippen LogP contribution in [0.2, 0.25) is 0 Å². The van der Waals surface area contributed by atoms with Gasteiger partial charge in [-0.3, -0.25) is 0 Å². The average Bonchev–Trinajstić information content (AvgIpc) is 2.40. The summed E-state index contributed by atoms with van der Waals surface area (Å²) < 4.78 is 11.2. The summed E-state index contributed by atoms with van der Waals surface area (Å²) in [5, 5.41) is 3.68. The van der Waals surface area contributed by atoms with Gasteiger partial charge < -0.3 is 14.8 Å². The van der Waals surface area contributed by atoms with Crippen molar-refractivity contribution in [3.63, 3.8) is 0 Å². The first-order valence-corrected chi connectivity index (χ1v) is 7.60. The average molecular weight is 277 g/mol. The Kier molecular flexibility index (Phi) is 5.58. The Labute approximate surface area is 122 Å². The highest BCUT2D eigenvalue weighted by Gasteiger charge is 2.42. The van der Waals surface area contributed by atoms with Crippen LogP contribution in [0.4, 0.5) is 0 Å². The van der Waals surface area contributed by atoms with E-state index >= 15 is 0 Å². The van der Waals surface area contributed by atoms with Crippen LogP contribution in [0.1, 0.15) is 31.4 Å². The van der Waals surface area contributed by atoms with Crippen molar-refractivity contribution in [1.29, 1.82) is 0 Å². The van der Waals surface area contributed by atoms with E-state index in [2.05, 4.69) is 43.4 Å². The summed E-state index contributed by atoms with van der Waals surface area (Å²) >= 11 is 0. The summed E-state index contributed by atoms with van der Waals surface area (Å²) in [6.07, 6.45) is 2.55. The molecule has 1 saturated carbocycles. The molecule has 0 spiro atoms. The first kappa shape index (κ1) is 15.5. The molecule has 1 aromatic rings. The van der Waals surface area contributed by atoms with Crippen LogP contribution in [-0.4, -0.2) is 38.0 Å². The highest BCUT2D eigenvalue weighted by molar-refractivity contribution is 5.26. The van der Waals surface area contributed by atoms with Crippen molar-refractivity contribution in [3.8, 4) is 0 Å². The Bertz CT molecular complexity index is 421. The van der Waals surface area contributed by atoms with E-state index in [0.29, 0.717) is 12.1 Å². The zero-order chi connectivity index (χ0) is 14.5. The van der Waals surface area contributed by atoms with Gasteiger partial charge in [0.25, 0.3) is 0 Å². The molecule has 4 unspecified atom stereocenters. The molecular formula is C17H27NO2. The molecular weight excluding hydrogens is 250 g/mol. The lowest BCUT2D eigenvalue weighted by molar-refractivity contribution is -0.132. The minimum atomic E-state index is 0.189. The van der Waals surface area contributed by atoms with E-state index < -0.39 is 0 Å². The second-order valence-corrected chi connectivity index (χ2v) is 5.73. The van der Waals surface area contributed by atoms with Crippen molar-refractivity contribution >= 4 is 0 Å². The van der Waals surface area contributed by atoms with Crippen LogP contribution in [0.3, 0.4) is 0 Å². The lowest BCUT2D eigenvalue weighted by atomic mass is 9.84. The topological polar surface area (TPSA) is 30.5 Å². The second-order valence-electron chi connectivity index (χ2n) is 5.73. The third kappa shape index (κ3) is 3.60. The van der Waals surface area contributed by atoms with Gasteiger partial charge in [-0.25, -0.2) is 0 Å². The fourth-order valence-electron chi connectivity index (χ4n) is 3.03. The fraction of sp³-hybridized carbons (Fsp3) is 0.647. The van der Waals surface area contributed by atoms with E-state index in [-0.39, 0.29) is 12.2 Å². The molecule has 0 aliphatic heterocycles. The van der Waals surface area contributed by atoms with Crippen LogP contribution in [0.5, 0.6) is 0 Å². The number of hydrogen-bond acceptors (Lipinski definition) is 3. The summed E-state index contributed by atoms with van der Waals surface area (Å²) in [5.41, 5.74) is 2.78. The molecule has 0 heterocycles. The van der Waals surface area contributed by atoms with Crippen molar-refractivity contribution in [1.82, 2.24) is 5.32 Å². The Balaban J connectivity index is 1.83. The maximum Gasteiger partial charge on any atom is 0.0986 e. The number of aryl methyl sites for hydroxylation is 1. The Morgan fingerprint density at radius 1 is 1.35 bits per heavy atom. The molecule has 0 amide bonds. The number of methoxy groups -OCH3 is 1. The summed E-state index contributed by atoms with van der Waals surface area (Å²) in [7, 11) is 1.77. The molecule has 2 rings (SSSR count). The van der Waals surface area contributed by atoms with Gasteiger partial charge in [0.1, 0.15) is 0 Å². The van der Waals surface area contributed by atoms with Gasteiger partial charge in [0.05, 0.1) is 12.2 Å². The van der Waals surface area contributed by atoms with Crippen molar-refractivity contribution in [2.24, 2.45) is 0 Å². The molecule has 4 atom stereocenters. The van der Waals surface area contributed by atoms with Gasteiger partial charge in [-0.1, -0.05) is 24.3 Å². The van der Waals surface area contributed by atoms with Crippen LogP contribution >= 0.6 is 0 Å². The molecule has 1 aliphatic rings. The molecule has 1 aliphatic carbocycles. The highest BCUT2D eigenvalue weighted by Crippen LogP contribution is 2.27. The lowest BCUT2D eigenvalue weighted by Gasteiger charge is -2.44. The zero-order valence-electron chi connectivity index (χ0n) is 13.1. The second kappa shape index (κ2) is 7.21. The van der Waals surface area contributed by atoms with Gasteiger partial charge in [-0.15, -0.1) is 0 Å². The normalized spacial score (nSPS) is 27.1. The number of rotatable bonds is 7. The number of hydrogen-bond donors (Lipinski definition) is 1. The molecule has 0 aromatic heterocycles. The Morgan fingerprint density at radius 2 is 2.10 bits per heavy atom. The van der Waals surface area contributed by atoms with E-state index in [4.69, 9.17) is 9.47 Å². The monoisotopic (exact) mass is 277 g/mol. The largest absolute Gasteiger partial charge is 0.377 e. The molecule has 3 heteroatoms. The van der Waals surface area contributed by atoms with Gasteiger partial charge in [-0.2, -0.15) is 0 Å². The fourth-order valence-corrected chi connectivity index (χ4v) is 3.03. The first-order chi connectivity index (χ1) is 9.65. The molecule has 0 saturated heterocycles. The van der Waals surface area contributed by atoms with E-state index in [1.807, 2.05) is 6.92 Å². The molecule has 1 N–H and O–H groups in total. The zero-order valence-corrected chi connectivity index (χ0v) is 13.1. The van der Waals surface area contributed by atoms with E-state index in [1.165, 1.54) is 11.1 Å². The summed E-state index contributed by atoms with van der Waals surface area (Å²) in [4.78, 5) is 0. The van der Waals surface area contributed by atoms with Crippen LogP contribution in [0.25, 0.3) is 0 Å². The minimum absolute atomic E-state index is 0.189. The summed E-state index contributed by atoms with van der Waals surface area (Å²) in [6.45, 7) is 7.21. The predicted molar refractivity (Wildman–Crippen MR) is 82.1 cm³/mol. The third-order valence-corrected chi connectivity index (χ3v) is 4.19. The predicted octanol–water partition coefficient (Wildman–Crippen LogP) is 2.71. The van der Waals surface area contributed by atoms with Crippen LogP contribution in [0.15, 0.2) is 24.3 Å². The van der Waals surface area contributed by atoms with Crippen LogP contribution in [0, 0.1) is 6.92 Å². The van der Waals surface area contributed by atoms with Crippen LogP contribution < -0.4 is 5.32 Å². The van der Waals surface area contributed by atoms with Gasteiger partial charge in [0, 0.05) is 25.8 Å². The van der Waals surface area contributed by atoms with E-state index in [9.17, 15) is 0 Å². The smallest absolute Gasteiger partial charge is 0.0986 e.